The highest BCUT2D eigenvalue weighted by Gasteiger charge is 2.12. The summed E-state index contributed by atoms with van der Waals surface area (Å²) in [5.74, 6) is 0.829. The molecule has 0 atom stereocenters. The van der Waals surface area contributed by atoms with Gasteiger partial charge in [-0.2, -0.15) is 0 Å². The zero-order valence-electron chi connectivity index (χ0n) is 13.3. The minimum atomic E-state index is -0.239. The van der Waals surface area contributed by atoms with Crippen LogP contribution in [0.5, 0.6) is 0 Å². The Bertz CT molecular complexity index is 893. The molecule has 1 aromatic carbocycles. The van der Waals surface area contributed by atoms with Crippen LogP contribution in [0.25, 0.3) is 0 Å². The molecule has 0 radical (unpaired) electrons. The standard InChI is InChI=1S/C16H15ClN6OS/c1-9-20-13(17)6-14(21-9)23-16-19-8-12(25-16)15(24)22-11-4-2-3-10(5-11)7-18/h2-6,8H,7,18H2,1H3,(H,22,24)(H,19,20,21,23). The number of carbonyl (C=O) groups excluding carboxylic acids is 1. The lowest BCUT2D eigenvalue weighted by molar-refractivity contribution is 0.103. The Labute approximate surface area is 153 Å². The number of anilines is 3. The molecule has 1 amide bonds. The summed E-state index contributed by atoms with van der Waals surface area (Å²) in [6.45, 7) is 2.16. The van der Waals surface area contributed by atoms with E-state index in [9.17, 15) is 4.79 Å². The van der Waals surface area contributed by atoms with E-state index in [0.29, 0.717) is 39.0 Å². The average Bonchev–Trinajstić information content (AvgIpc) is 3.02. The zero-order valence-corrected chi connectivity index (χ0v) is 14.9. The number of aryl methyl sites for hydroxylation is 1. The number of nitrogens with two attached hydrogens (primary N) is 1. The monoisotopic (exact) mass is 374 g/mol. The van der Waals surface area contributed by atoms with E-state index in [1.165, 1.54) is 17.5 Å². The summed E-state index contributed by atoms with van der Waals surface area (Å²) in [6.07, 6.45) is 1.50. The van der Waals surface area contributed by atoms with Crippen molar-refractivity contribution in [2.75, 3.05) is 10.6 Å². The van der Waals surface area contributed by atoms with Crippen LogP contribution in [0.2, 0.25) is 5.15 Å². The Hall–Kier alpha value is -2.55. The molecule has 0 spiro atoms. The number of nitrogens with zero attached hydrogens (tertiary/aromatic N) is 3. The highest BCUT2D eigenvalue weighted by atomic mass is 35.5. The first-order valence-electron chi connectivity index (χ1n) is 7.38. The van der Waals surface area contributed by atoms with Gasteiger partial charge in [-0.05, 0) is 24.6 Å². The maximum absolute atomic E-state index is 12.3. The van der Waals surface area contributed by atoms with Crippen molar-refractivity contribution in [3.8, 4) is 0 Å². The maximum Gasteiger partial charge on any atom is 0.267 e. The zero-order chi connectivity index (χ0) is 17.8. The van der Waals surface area contributed by atoms with Crippen LogP contribution in [-0.4, -0.2) is 20.9 Å². The molecule has 0 unspecified atom stereocenters. The molecule has 3 aromatic rings. The van der Waals surface area contributed by atoms with Gasteiger partial charge in [-0.25, -0.2) is 15.0 Å². The van der Waals surface area contributed by atoms with Gasteiger partial charge in [-0.15, -0.1) is 0 Å². The highest BCUT2D eigenvalue weighted by molar-refractivity contribution is 7.17. The molecule has 2 heterocycles. The van der Waals surface area contributed by atoms with Crippen LogP contribution in [0.1, 0.15) is 21.1 Å². The number of halogens is 1. The van der Waals surface area contributed by atoms with Gasteiger partial charge in [-0.3, -0.25) is 4.79 Å². The van der Waals surface area contributed by atoms with Gasteiger partial charge in [0, 0.05) is 18.3 Å². The number of hydrogen-bond acceptors (Lipinski definition) is 7. The molecule has 3 rings (SSSR count). The fraction of sp³-hybridized carbons (Fsp3) is 0.125. The van der Waals surface area contributed by atoms with Crippen molar-refractivity contribution in [2.24, 2.45) is 5.73 Å². The summed E-state index contributed by atoms with van der Waals surface area (Å²) < 4.78 is 0. The first kappa shape index (κ1) is 17.3. The molecule has 4 N–H and O–H groups in total. The van der Waals surface area contributed by atoms with Crippen molar-refractivity contribution in [1.29, 1.82) is 0 Å². The molecule has 0 aliphatic carbocycles. The van der Waals surface area contributed by atoms with Crippen LogP contribution in [0.4, 0.5) is 16.6 Å². The van der Waals surface area contributed by atoms with Crippen LogP contribution in [0.3, 0.4) is 0 Å². The minimum Gasteiger partial charge on any atom is -0.326 e. The van der Waals surface area contributed by atoms with Gasteiger partial charge in [0.25, 0.3) is 5.91 Å². The quantitative estimate of drug-likeness (QED) is 0.591. The van der Waals surface area contributed by atoms with E-state index in [2.05, 4.69) is 25.6 Å². The Balaban J connectivity index is 1.70. The van der Waals surface area contributed by atoms with E-state index in [1.807, 2.05) is 24.3 Å². The van der Waals surface area contributed by atoms with E-state index in [1.54, 1.807) is 13.0 Å². The third kappa shape index (κ3) is 4.50. The summed E-state index contributed by atoms with van der Waals surface area (Å²) in [7, 11) is 0. The summed E-state index contributed by atoms with van der Waals surface area (Å²) in [5, 5.41) is 6.72. The smallest absolute Gasteiger partial charge is 0.267 e. The molecular weight excluding hydrogens is 360 g/mol. The van der Waals surface area contributed by atoms with Gasteiger partial charge < -0.3 is 16.4 Å². The third-order valence-corrected chi connectivity index (χ3v) is 4.30. The summed E-state index contributed by atoms with van der Waals surface area (Å²) in [6, 6.07) is 8.98. The second-order valence-corrected chi connectivity index (χ2v) is 6.55. The van der Waals surface area contributed by atoms with Crippen LogP contribution in [-0.2, 0) is 6.54 Å². The van der Waals surface area contributed by atoms with Gasteiger partial charge in [0.05, 0.1) is 6.20 Å². The molecule has 2 aromatic heterocycles. The number of benzene rings is 1. The van der Waals surface area contributed by atoms with E-state index in [-0.39, 0.29) is 5.91 Å². The molecular formula is C16H15ClN6OS. The molecule has 0 aliphatic heterocycles. The second kappa shape index (κ2) is 7.56. The number of aromatic nitrogens is 3. The fourth-order valence-corrected chi connectivity index (χ4v) is 3.05. The van der Waals surface area contributed by atoms with Gasteiger partial charge in [-0.1, -0.05) is 35.1 Å². The Morgan fingerprint density at radius 3 is 2.92 bits per heavy atom. The summed E-state index contributed by atoms with van der Waals surface area (Å²) >= 11 is 7.12. The molecule has 9 heteroatoms. The maximum atomic E-state index is 12.3. The average molecular weight is 375 g/mol. The topological polar surface area (TPSA) is 106 Å². The van der Waals surface area contributed by atoms with E-state index in [4.69, 9.17) is 17.3 Å². The molecule has 0 saturated heterocycles. The van der Waals surface area contributed by atoms with Crippen LogP contribution < -0.4 is 16.4 Å². The Morgan fingerprint density at radius 2 is 2.16 bits per heavy atom. The Kier molecular flexibility index (Phi) is 5.22. The van der Waals surface area contributed by atoms with Crippen molar-refractivity contribution < 1.29 is 4.79 Å². The summed E-state index contributed by atoms with van der Waals surface area (Å²) in [4.78, 5) is 25.2. The van der Waals surface area contributed by atoms with Crippen molar-refractivity contribution in [1.82, 2.24) is 15.0 Å². The molecule has 25 heavy (non-hydrogen) atoms. The van der Waals surface area contributed by atoms with Crippen molar-refractivity contribution in [3.63, 3.8) is 0 Å². The number of nitrogens with one attached hydrogen (secondary N) is 2. The number of hydrogen-bond donors (Lipinski definition) is 3. The normalized spacial score (nSPS) is 10.5. The molecule has 7 nitrogen and oxygen atoms in total. The number of thiazole rings is 1. The number of rotatable bonds is 5. The SMILES string of the molecule is Cc1nc(Cl)cc(Nc2ncc(C(=O)Nc3cccc(CN)c3)s2)n1. The van der Waals surface area contributed by atoms with Crippen molar-refractivity contribution in [3.05, 3.63) is 57.9 Å². The van der Waals surface area contributed by atoms with Gasteiger partial charge >= 0.3 is 0 Å². The van der Waals surface area contributed by atoms with Gasteiger partial charge in [0.2, 0.25) is 0 Å². The van der Waals surface area contributed by atoms with Crippen LogP contribution in [0, 0.1) is 6.92 Å². The first-order valence-corrected chi connectivity index (χ1v) is 8.57. The summed E-state index contributed by atoms with van der Waals surface area (Å²) in [5.41, 5.74) is 7.24. The lowest BCUT2D eigenvalue weighted by Gasteiger charge is -2.05. The van der Waals surface area contributed by atoms with Crippen LogP contribution in [0.15, 0.2) is 36.5 Å². The van der Waals surface area contributed by atoms with Crippen molar-refractivity contribution >= 4 is 45.5 Å². The number of carbonyl (C=O) groups is 1. The molecule has 0 saturated carbocycles. The lowest BCUT2D eigenvalue weighted by atomic mass is 10.2. The van der Waals surface area contributed by atoms with E-state index >= 15 is 0 Å². The predicted octanol–water partition coefficient (Wildman–Crippen LogP) is 3.35. The second-order valence-electron chi connectivity index (χ2n) is 5.14. The fourth-order valence-electron chi connectivity index (χ4n) is 2.11. The lowest BCUT2D eigenvalue weighted by Crippen LogP contribution is -2.10. The van der Waals surface area contributed by atoms with E-state index in [0.717, 1.165) is 5.56 Å². The highest BCUT2D eigenvalue weighted by Crippen LogP contribution is 2.23. The van der Waals surface area contributed by atoms with Crippen molar-refractivity contribution in [2.45, 2.75) is 13.5 Å². The molecule has 0 aliphatic rings. The molecule has 0 fully saturated rings. The minimum absolute atomic E-state index is 0.239. The van der Waals surface area contributed by atoms with E-state index < -0.39 is 0 Å². The van der Waals surface area contributed by atoms with Gasteiger partial charge in [0.1, 0.15) is 21.7 Å². The molecule has 0 bridgehead atoms. The first-order chi connectivity index (χ1) is 12.0. The molecule has 128 valence electrons. The van der Waals surface area contributed by atoms with Crippen LogP contribution >= 0.6 is 22.9 Å². The van der Waals surface area contributed by atoms with Gasteiger partial charge in [0.15, 0.2) is 5.13 Å². The largest absolute Gasteiger partial charge is 0.326 e. The Morgan fingerprint density at radius 1 is 1.32 bits per heavy atom. The third-order valence-electron chi connectivity index (χ3n) is 3.19. The number of amides is 1. The predicted molar refractivity (Wildman–Crippen MR) is 99.5 cm³/mol.